The third-order valence-corrected chi connectivity index (χ3v) is 3.77. The molecule has 0 spiro atoms. The third kappa shape index (κ3) is 3.19. The molecule has 0 aliphatic carbocycles. The fourth-order valence-electron chi connectivity index (χ4n) is 2.60. The van der Waals surface area contributed by atoms with Crippen molar-refractivity contribution in [1.29, 1.82) is 0 Å². The third-order valence-electron chi connectivity index (χ3n) is 3.77. The molecule has 0 saturated carbocycles. The van der Waals surface area contributed by atoms with Crippen LogP contribution in [0, 0.1) is 33.5 Å². The predicted octanol–water partition coefficient (Wildman–Crippen LogP) is 5.23. The Morgan fingerprint density at radius 3 is 2.15 bits per heavy atom. The number of nitrogens with one attached hydrogen (secondary N) is 1. The van der Waals surface area contributed by atoms with Crippen LogP contribution in [0.2, 0.25) is 0 Å². The molecule has 0 aromatic heterocycles. The van der Waals surface area contributed by atoms with Gasteiger partial charge in [-0.25, -0.2) is 4.39 Å². The molecule has 0 aliphatic rings. The van der Waals surface area contributed by atoms with Crippen LogP contribution in [0.25, 0.3) is 0 Å². The molecular weight excluding hydrogens is 249 g/mol. The SMILES string of the molecule is Cc1cc(F)cc(NC(C)c2cc(C)c(C)cc2C)c1. The highest BCUT2D eigenvalue weighted by Gasteiger charge is 2.10. The molecule has 0 aliphatic heterocycles. The van der Waals surface area contributed by atoms with E-state index >= 15 is 0 Å². The summed E-state index contributed by atoms with van der Waals surface area (Å²) in [6, 6.07) is 9.62. The van der Waals surface area contributed by atoms with Gasteiger partial charge in [-0.3, -0.25) is 0 Å². The lowest BCUT2D eigenvalue weighted by Crippen LogP contribution is -2.09. The van der Waals surface area contributed by atoms with Gasteiger partial charge >= 0.3 is 0 Å². The van der Waals surface area contributed by atoms with E-state index in [0.717, 1.165) is 11.3 Å². The zero-order valence-corrected chi connectivity index (χ0v) is 12.8. The van der Waals surface area contributed by atoms with E-state index in [4.69, 9.17) is 0 Å². The summed E-state index contributed by atoms with van der Waals surface area (Å²) < 4.78 is 13.4. The average molecular weight is 271 g/mol. The van der Waals surface area contributed by atoms with E-state index in [1.54, 1.807) is 6.07 Å². The summed E-state index contributed by atoms with van der Waals surface area (Å²) in [5.41, 5.74) is 6.87. The van der Waals surface area contributed by atoms with Gasteiger partial charge in [0.25, 0.3) is 0 Å². The molecule has 0 radical (unpaired) electrons. The Balaban J connectivity index is 2.28. The van der Waals surface area contributed by atoms with E-state index in [-0.39, 0.29) is 11.9 Å². The van der Waals surface area contributed by atoms with Crippen molar-refractivity contribution in [2.24, 2.45) is 0 Å². The van der Waals surface area contributed by atoms with E-state index in [1.807, 2.05) is 13.0 Å². The molecule has 1 atom stereocenters. The van der Waals surface area contributed by atoms with Gasteiger partial charge in [-0.15, -0.1) is 0 Å². The largest absolute Gasteiger partial charge is 0.378 e. The van der Waals surface area contributed by atoms with Gasteiger partial charge in [0.2, 0.25) is 0 Å². The van der Waals surface area contributed by atoms with Crippen molar-refractivity contribution in [3.63, 3.8) is 0 Å². The van der Waals surface area contributed by atoms with E-state index in [0.29, 0.717) is 0 Å². The summed E-state index contributed by atoms with van der Waals surface area (Å²) in [7, 11) is 0. The zero-order valence-electron chi connectivity index (χ0n) is 12.8. The lowest BCUT2D eigenvalue weighted by Gasteiger charge is -2.20. The van der Waals surface area contributed by atoms with Crippen LogP contribution in [0.4, 0.5) is 10.1 Å². The molecular formula is C18H22FN. The molecule has 0 saturated heterocycles. The van der Waals surface area contributed by atoms with Crippen LogP contribution in [0.15, 0.2) is 30.3 Å². The normalized spacial score (nSPS) is 12.3. The lowest BCUT2D eigenvalue weighted by atomic mass is 9.96. The molecule has 0 heterocycles. The quantitative estimate of drug-likeness (QED) is 0.805. The summed E-state index contributed by atoms with van der Waals surface area (Å²) in [5, 5.41) is 3.39. The molecule has 1 unspecified atom stereocenters. The van der Waals surface area contributed by atoms with Crippen molar-refractivity contribution in [3.05, 3.63) is 64.0 Å². The summed E-state index contributed by atoms with van der Waals surface area (Å²) in [6.45, 7) is 10.4. The molecule has 2 aromatic rings. The standard InChI is InChI=1S/C18H22FN/c1-11-6-16(19)10-17(7-11)20-15(5)18-9-13(3)12(2)8-14(18)4/h6-10,15,20H,1-5H3. The molecule has 0 fully saturated rings. The van der Waals surface area contributed by atoms with Gasteiger partial charge in [0.05, 0.1) is 0 Å². The first kappa shape index (κ1) is 14.6. The monoisotopic (exact) mass is 271 g/mol. The maximum absolute atomic E-state index is 13.4. The first-order valence-corrected chi connectivity index (χ1v) is 6.98. The molecule has 106 valence electrons. The Bertz CT molecular complexity index is 611. The summed E-state index contributed by atoms with van der Waals surface area (Å²) in [4.78, 5) is 0. The fourth-order valence-corrected chi connectivity index (χ4v) is 2.60. The van der Waals surface area contributed by atoms with Crippen LogP contribution in [0.3, 0.4) is 0 Å². The fraction of sp³-hybridized carbons (Fsp3) is 0.333. The Morgan fingerprint density at radius 2 is 1.50 bits per heavy atom. The highest BCUT2D eigenvalue weighted by Crippen LogP contribution is 2.25. The molecule has 1 N–H and O–H groups in total. The Kier molecular flexibility index (Phi) is 4.12. The highest BCUT2D eigenvalue weighted by molar-refractivity contribution is 5.49. The molecule has 0 amide bonds. The van der Waals surface area contributed by atoms with Crippen LogP contribution in [0.1, 0.15) is 40.8 Å². The van der Waals surface area contributed by atoms with Crippen molar-refractivity contribution >= 4 is 5.69 Å². The minimum Gasteiger partial charge on any atom is -0.378 e. The summed E-state index contributed by atoms with van der Waals surface area (Å²) in [5.74, 6) is -0.198. The van der Waals surface area contributed by atoms with Gasteiger partial charge in [0.15, 0.2) is 0 Å². The molecule has 2 heteroatoms. The van der Waals surface area contributed by atoms with Crippen LogP contribution in [-0.4, -0.2) is 0 Å². The number of aryl methyl sites for hydroxylation is 4. The van der Waals surface area contributed by atoms with Gasteiger partial charge < -0.3 is 5.32 Å². The topological polar surface area (TPSA) is 12.0 Å². The van der Waals surface area contributed by atoms with E-state index in [1.165, 1.54) is 28.3 Å². The molecule has 20 heavy (non-hydrogen) atoms. The minimum atomic E-state index is -0.198. The molecule has 2 rings (SSSR count). The first-order chi connectivity index (χ1) is 9.36. The van der Waals surface area contributed by atoms with Crippen molar-refractivity contribution in [2.45, 2.75) is 40.7 Å². The minimum absolute atomic E-state index is 0.149. The van der Waals surface area contributed by atoms with Gasteiger partial charge in [-0.2, -0.15) is 0 Å². The van der Waals surface area contributed by atoms with Crippen molar-refractivity contribution in [1.82, 2.24) is 0 Å². The second-order valence-electron chi connectivity index (χ2n) is 5.68. The van der Waals surface area contributed by atoms with E-state index < -0.39 is 0 Å². The van der Waals surface area contributed by atoms with Gasteiger partial charge in [-0.05, 0) is 80.6 Å². The summed E-state index contributed by atoms with van der Waals surface area (Å²) >= 11 is 0. The van der Waals surface area contributed by atoms with Crippen LogP contribution >= 0.6 is 0 Å². The van der Waals surface area contributed by atoms with Crippen LogP contribution in [-0.2, 0) is 0 Å². The number of benzene rings is 2. The zero-order chi connectivity index (χ0) is 14.9. The number of halogens is 1. The number of hydrogen-bond acceptors (Lipinski definition) is 1. The lowest BCUT2D eigenvalue weighted by molar-refractivity contribution is 0.626. The van der Waals surface area contributed by atoms with E-state index in [2.05, 4.69) is 45.1 Å². The highest BCUT2D eigenvalue weighted by atomic mass is 19.1. The number of rotatable bonds is 3. The van der Waals surface area contributed by atoms with Crippen LogP contribution in [0.5, 0.6) is 0 Å². The Labute approximate surface area is 120 Å². The van der Waals surface area contributed by atoms with Crippen molar-refractivity contribution in [2.75, 3.05) is 5.32 Å². The summed E-state index contributed by atoms with van der Waals surface area (Å²) in [6.07, 6.45) is 0. The number of hydrogen-bond donors (Lipinski definition) is 1. The van der Waals surface area contributed by atoms with E-state index in [9.17, 15) is 4.39 Å². The molecule has 2 aromatic carbocycles. The van der Waals surface area contributed by atoms with Crippen molar-refractivity contribution < 1.29 is 4.39 Å². The Hall–Kier alpha value is -1.83. The average Bonchev–Trinajstić information content (AvgIpc) is 2.32. The smallest absolute Gasteiger partial charge is 0.125 e. The van der Waals surface area contributed by atoms with Crippen LogP contribution < -0.4 is 5.32 Å². The predicted molar refractivity (Wildman–Crippen MR) is 83.8 cm³/mol. The Morgan fingerprint density at radius 1 is 0.850 bits per heavy atom. The second-order valence-corrected chi connectivity index (χ2v) is 5.68. The maximum Gasteiger partial charge on any atom is 0.125 e. The van der Waals surface area contributed by atoms with Gasteiger partial charge in [-0.1, -0.05) is 12.1 Å². The number of anilines is 1. The first-order valence-electron chi connectivity index (χ1n) is 6.98. The van der Waals surface area contributed by atoms with Gasteiger partial charge in [0.1, 0.15) is 5.82 Å². The molecule has 0 bridgehead atoms. The molecule has 1 nitrogen and oxygen atoms in total. The van der Waals surface area contributed by atoms with Crippen molar-refractivity contribution in [3.8, 4) is 0 Å². The maximum atomic E-state index is 13.4. The second kappa shape index (κ2) is 5.66. The van der Waals surface area contributed by atoms with Gasteiger partial charge in [0, 0.05) is 11.7 Å².